The average Bonchev–Trinajstić information content (AvgIpc) is 2.43. The van der Waals surface area contributed by atoms with Crippen LogP contribution in [-0.4, -0.2) is 43.4 Å². The van der Waals surface area contributed by atoms with Gasteiger partial charge in [-0.05, 0) is 24.1 Å². The average molecular weight is 315 g/mol. The van der Waals surface area contributed by atoms with Crippen molar-refractivity contribution in [3.8, 4) is 5.75 Å². The van der Waals surface area contributed by atoms with Crippen molar-refractivity contribution in [2.75, 3.05) is 26.2 Å². The van der Waals surface area contributed by atoms with Crippen LogP contribution in [0.4, 0.5) is 0 Å². The second-order valence-corrected chi connectivity index (χ2v) is 5.69. The number of rotatable bonds is 9. The van der Waals surface area contributed by atoms with Crippen LogP contribution in [0, 0.1) is 5.92 Å². The summed E-state index contributed by atoms with van der Waals surface area (Å²) < 4.78 is 5.41. The number of carbonyl (C=O) groups is 1. The zero-order valence-corrected chi connectivity index (χ0v) is 13.2. The Kier molecular flexibility index (Phi) is 8.12. The van der Waals surface area contributed by atoms with Crippen molar-refractivity contribution in [3.05, 3.63) is 29.3 Å². The number of amides is 1. The van der Waals surface area contributed by atoms with Crippen LogP contribution in [-0.2, 0) is 4.79 Å². The molecule has 1 rings (SSSR count). The molecule has 0 aliphatic rings. The van der Waals surface area contributed by atoms with Crippen molar-refractivity contribution >= 4 is 17.5 Å². The molecule has 1 aromatic rings. The first-order valence-corrected chi connectivity index (χ1v) is 7.39. The largest absolute Gasteiger partial charge is 0.491 e. The van der Waals surface area contributed by atoms with Gasteiger partial charge in [0.15, 0.2) is 0 Å². The molecule has 0 saturated carbocycles. The normalized spacial score (nSPS) is 12.2. The Morgan fingerprint density at radius 1 is 1.38 bits per heavy atom. The van der Waals surface area contributed by atoms with Crippen LogP contribution in [0.3, 0.4) is 0 Å². The van der Waals surface area contributed by atoms with E-state index in [4.69, 9.17) is 16.3 Å². The summed E-state index contributed by atoms with van der Waals surface area (Å²) in [5, 5.41) is 16.0. The van der Waals surface area contributed by atoms with Crippen LogP contribution in [0.25, 0.3) is 0 Å². The third kappa shape index (κ3) is 8.55. The number of benzene rings is 1. The number of hydrogen-bond acceptors (Lipinski definition) is 4. The van der Waals surface area contributed by atoms with Crippen LogP contribution < -0.4 is 15.4 Å². The number of halogens is 1. The molecule has 0 fully saturated rings. The summed E-state index contributed by atoms with van der Waals surface area (Å²) in [6.07, 6.45) is -0.693. The number of nitrogens with one attached hydrogen (secondary N) is 2. The predicted molar refractivity (Wildman–Crippen MR) is 83.7 cm³/mol. The third-order valence-electron chi connectivity index (χ3n) is 2.61. The van der Waals surface area contributed by atoms with Gasteiger partial charge in [0.2, 0.25) is 5.91 Å². The van der Waals surface area contributed by atoms with Gasteiger partial charge in [0.05, 0.1) is 6.54 Å². The van der Waals surface area contributed by atoms with Gasteiger partial charge in [-0.1, -0.05) is 31.5 Å². The van der Waals surface area contributed by atoms with Crippen LogP contribution in [0.15, 0.2) is 24.3 Å². The first-order chi connectivity index (χ1) is 9.97. The van der Waals surface area contributed by atoms with Gasteiger partial charge in [-0.15, -0.1) is 0 Å². The van der Waals surface area contributed by atoms with Crippen LogP contribution in [0.5, 0.6) is 5.75 Å². The zero-order valence-electron chi connectivity index (χ0n) is 12.4. The maximum atomic E-state index is 11.4. The van der Waals surface area contributed by atoms with Gasteiger partial charge in [-0.25, -0.2) is 0 Å². The van der Waals surface area contributed by atoms with Crippen LogP contribution >= 0.6 is 11.6 Å². The standard InChI is InChI=1S/C15H23ClN2O3/c1-11(2)7-18-15(20)9-17-8-13(19)10-21-14-5-3-4-12(16)6-14/h3-6,11,13,17,19H,7-10H2,1-2H3,(H,18,20). The molecule has 0 bridgehead atoms. The van der Waals surface area contributed by atoms with E-state index in [1.807, 2.05) is 13.8 Å². The van der Waals surface area contributed by atoms with Gasteiger partial charge >= 0.3 is 0 Å². The van der Waals surface area contributed by atoms with E-state index in [0.29, 0.717) is 23.2 Å². The number of ether oxygens (including phenoxy) is 1. The van der Waals surface area contributed by atoms with Gasteiger partial charge < -0.3 is 20.5 Å². The highest BCUT2D eigenvalue weighted by Crippen LogP contribution is 2.17. The van der Waals surface area contributed by atoms with Gasteiger partial charge in [0.25, 0.3) is 0 Å². The molecule has 0 aliphatic carbocycles. The molecular formula is C15H23ClN2O3. The zero-order chi connectivity index (χ0) is 15.7. The summed E-state index contributed by atoms with van der Waals surface area (Å²) >= 11 is 5.83. The molecule has 3 N–H and O–H groups in total. The molecule has 0 spiro atoms. The van der Waals surface area contributed by atoms with E-state index >= 15 is 0 Å². The molecule has 21 heavy (non-hydrogen) atoms. The second kappa shape index (κ2) is 9.60. The summed E-state index contributed by atoms with van der Waals surface area (Å²) in [6, 6.07) is 6.98. The maximum Gasteiger partial charge on any atom is 0.233 e. The highest BCUT2D eigenvalue weighted by atomic mass is 35.5. The Morgan fingerprint density at radius 3 is 2.81 bits per heavy atom. The molecule has 0 heterocycles. The minimum atomic E-state index is -0.693. The van der Waals surface area contributed by atoms with Gasteiger partial charge in [-0.2, -0.15) is 0 Å². The SMILES string of the molecule is CC(C)CNC(=O)CNCC(O)COc1cccc(Cl)c1. The topological polar surface area (TPSA) is 70.6 Å². The number of aliphatic hydroxyl groups excluding tert-OH is 1. The Balaban J connectivity index is 2.14. The summed E-state index contributed by atoms with van der Waals surface area (Å²) in [5.74, 6) is 0.952. The van der Waals surface area contributed by atoms with Crippen molar-refractivity contribution in [2.24, 2.45) is 5.92 Å². The molecule has 1 unspecified atom stereocenters. The molecule has 118 valence electrons. The highest BCUT2D eigenvalue weighted by Gasteiger charge is 2.07. The fraction of sp³-hybridized carbons (Fsp3) is 0.533. The predicted octanol–water partition coefficient (Wildman–Crippen LogP) is 1.44. The summed E-state index contributed by atoms with van der Waals surface area (Å²) in [5.41, 5.74) is 0. The first-order valence-electron chi connectivity index (χ1n) is 7.01. The quantitative estimate of drug-likeness (QED) is 0.645. The first kappa shape index (κ1) is 17.8. The lowest BCUT2D eigenvalue weighted by molar-refractivity contribution is -0.120. The van der Waals surface area contributed by atoms with Gasteiger partial charge in [0.1, 0.15) is 18.5 Å². The summed E-state index contributed by atoms with van der Waals surface area (Å²) in [7, 11) is 0. The van der Waals surface area contributed by atoms with Crippen molar-refractivity contribution in [2.45, 2.75) is 20.0 Å². The van der Waals surface area contributed by atoms with Crippen molar-refractivity contribution in [1.82, 2.24) is 10.6 Å². The van der Waals surface area contributed by atoms with Gasteiger partial charge in [-0.3, -0.25) is 4.79 Å². The maximum absolute atomic E-state index is 11.4. The van der Waals surface area contributed by atoms with E-state index in [2.05, 4.69) is 10.6 Å². The second-order valence-electron chi connectivity index (χ2n) is 5.25. The lowest BCUT2D eigenvalue weighted by Gasteiger charge is -2.13. The molecule has 5 nitrogen and oxygen atoms in total. The van der Waals surface area contributed by atoms with E-state index in [0.717, 1.165) is 0 Å². The molecule has 6 heteroatoms. The highest BCUT2D eigenvalue weighted by molar-refractivity contribution is 6.30. The smallest absolute Gasteiger partial charge is 0.233 e. The van der Waals surface area contributed by atoms with E-state index in [9.17, 15) is 9.90 Å². The monoisotopic (exact) mass is 314 g/mol. The Morgan fingerprint density at radius 2 is 2.14 bits per heavy atom. The Labute approximate surface area is 130 Å². The van der Waals surface area contributed by atoms with Crippen LogP contribution in [0.1, 0.15) is 13.8 Å². The molecule has 1 aromatic carbocycles. The Bertz CT molecular complexity index is 441. The van der Waals surface area contributed by atoms with Crippen molar-refractivity contribution in [1.29, 1.82) is 0 Å². The van der Waals surface area contributed by atoms with E-state index < -0.39 is 6.10 Å². The van der Waals surface area contributed by atoms with Gasteiger partial charge in [0, 0.05) is 18.1 Å². The number of aliphatic hydroxyl groups is 1. The molecule has 0 radical (unpaired) electrons. The molecule has 0 saturated heterocycles. The van der Waals surface area contributed by atoms with E-state index in [1.165, 1.54) is 0 Å². The summed E-state index contributed by atoms with van der Waals surface area (Å²) in [4.78, 5) is 11.4. The molecule has 1 atom stereocenters. The third-order valence-corrected chi connectivity index (χ3v) is 2.85. The summed E-state index contributed by atoms with van der Waals surface area (Å²) in [6.45, 7) is 5.33. The Hall–Kier alpha value is -1.30. The molecule has 0 aromatic heterocycles. The number of hydrogen-bond donors (Lipinski definition) is 3. The lowest BCUT2D eigenvalue weighted by Crippen LogP contribution is -2.39. The molecule has 1 amide bonds. The number of carbonyl (C=O) groups excluding carboxylic acids is 1. The van der Waals surface area contributed by atoms with E-state index in [1.54, 1.807) is 24.3 Å². The van der Waals surface area contributed by atoms with E-state index in [-0.39, 0.29) is 25.6 Å². The van der Waals surface area contributed by atoms with Crippen molar-refractivity contribution in [3.63, 3.8) is 0 Å². The molecular weight excluding hydrogens is 292 g/mol. The fourth-order valence-electron chi connectivity index (χ4n) is 1.54. The minimum absolute atomic E-state index is 0.0772. The minimum Gasteiger partial charge on any atom is -0.491 e. The van der Waals surface area contributed by atoms with Crippen LogP contribution in [0.2, 0.25) is 5.02 Å². The molecule has 0 aliphatic heterocycles. The van der Waals surface area contributed by atoms with Crippen molar-refractivity contribution < 1.29 is 14.6 Å². The fourth-order valence-corrected chi connectivity index (χ4v) is 1.72. The lowest BCUT2D eigenvalue weighted by atomic mass is 10.2.